The summed E-state index contributed by atoms with van der Waals surface area (Å²) in [6.45, 7) is 28.8. The number of anilines is 3. The Balaban J connectivity index is 1.13. The van der Waals surface area contributed by atoms with Gasteiger partial charge in [-0.1, -0.05) is 304 Å². The van der Waals surface area contributed by atoms with Crippen LogP contribution in [0.1, 0.15) is 107 Å². The van der Waals surface area contributed by atoms with Crippen LogP contribution in [0.5, 0.6) is 0 Å². The topological polar surface area (TPSA) is 31.4 Å². The van der Waals surface area contributed by atoms with E-state index in [0.717, 1.165) is 106 Å². The molecule has 0 amide bonds. The Morgan fingerprint density at radius 1 is 0.351 bits per heavy atom. The summed E-state index contributed by atoms with van der Waals surface area (Å²) in [5.74, 6) is -0.310. The molecule has 0 N–H and O–H groups in total. The Morgan fingerprint density at radius 2 is 0.773 bits per heavy atom. The van der Waals surface area contributed by atoms with Crippen LogP contribution < -0.4 is 21.3 Å². The fourth-order valence-electron chi connectivity index (χ4n) is 15.0. The van der Waals surface area contributed by atoms with Crippen LogP contribution in [0.4, 0.5) is 22.7 Å². The summed E-state index contributed by atoms with van der Waals surface area (Å²) in [5, 5.41) is 10.4. The molecule has 3 nitrogen and oxygen atoms in total. The predicted octanol–water partition coefficient (Wildman–Crippen LogP) is 23.1. The molecule has 0 saturated heterocycles. The van der Waals surface area contributed by atoms with Crippen molar-refractivity contribution in [3.05, 3.63) is 342 Å². The number of nitrogens with zero attached hydrogens (tertiary/aromatic N) is 3. The third kappa shape index (κ3) is 11.5. The number of hydrogen-bond donors (Lipinski definition) is 0. The smallest absolute Gasteiger partial charge is 0.247 e. The summed E-state index contributed by atoms with van der Waals surface area (Å²) in [6, 6.07) is 110. The Hall–Kier alpha value is -11.3. The van der Waals surface area contributed by atoms with Crippen LogP contribution >= 0.6 is 0 Å². The Morgan fingerprint density at radius 3 is 1.29 bits per heavy atom. The Bertz CT molecular complexity index is 4940. The van der Waals surface area contributed by atoms with Crippen LogP contribution in [-0.2, 0) is 16.2 Å². The standard InChI is InChI=1S/C93H76BN3/c1-91(2,3)73-43-37-65(38-44-73)79-52-71(67-34-23-25-60(49-67)59-95)51-78(63-30-19-13-20-31-63)88(79)87-77-47-41-69(61-26-15-11-16-27-61)55-83(77)94-84-56-70(62-28-17-12-18-29-62)42-48-85(84)97(86-58-75(93(7,8)9)57-82(87)89(86)94)90-80(64-32-21-14-22-33-64)53-72(68-35-24-36-76(50-68)96-10)54-81(90)66-39-45-74(46-40-66)92(4,5)6/h11-58,87H,1-9H3. The first-order chi connectivity index (χ1) is 46.9. The van der Waals surface area contributed by atoms with E-state index in [-0.39, 0.29) is 28.9 Å². The van der Waals surface area contributed by atoms with E-state index in [1.807, 2.05) is 36.4 Å². The van der Waals surface area contributed by atoms with E-state index in [1.165, 1.54) is 49.8 Å². The number of hydrogen-bond acceptors (Lipinski definition) is 2. The molecule has 0 saturated carbocycles. The van der Waals surface area contributed by atoms with Gasteiger partial charge in [-0.05, 0) is 193 Å². The van der Waals surface area contributed by atoms with E-state index in [1.54, 1.807) is 0 Å². The zero-order chi connectivity index (χ0) is 66.9. The van der Waals surface area contributed by atoms with Gasteiger partial charge in [-0.3, -0.25) is 0 Å². The largest absolute Gasteiger partial charge is 0.310 e. The minimum Gasteiger partial charge on any atom is -0.310 e. The van der Waals surface area contributed by atoms with Crippen molar-refractivity contribution in [1.82, 2.24) is 0 Å². The van der Waals surface area contributed by atoms with Gasteiger partial charge in [0.05, 0.1) is 23.9 Å². The van der Waals surface area contributed by atoms with E-state index in [9.17, 15) is 5.26 Å². The molecule has 0 spiro atoms. The van der Waals surface area contributed by atoms with E-state index in [4.69, 9.17) is 6.57 Å². The van der Waals surface area contributed by atoms with Crippen molar-refractivity contribution in [2.75, 3.05) is 4.90 Å². The van der Waals surface area contributed by atoms with Gasteiger partial charge in [-0.2, -0.15) is 5.26 Å². The van der Waals surface area contributed by atoms with Gasteiger partial charge in [0.1, 0.15) is 0 Å². The molecule has 0 fully saturated rings. The number of nitriles is 1. The van der Waals surface area contributed by atoms with Crippen LogP contribution in [-0.4, -0.2) is 6.71 Å². The monoisotopic (exact) mass is 1250 g/mol. The van der Waals surface area contributed by atoms with Crippen LogP contribution in [0.2, 0.25) is 0 Å². The van der Waals surface area contributed by atoms with Crippen molar-refractivity contribution in [3.8, 4) is 95.1 Å². The summed E-state index contributed by atoms with van der Waals surface area (Å²) in [4.78, 5) is 6.63. The van der Waals surface area contributed by atoms with Crippen molar-refractivity contribution >= 4 is 45.9 Å². The molecule has 13 aromatic rings. The lowest BCUT2D eigenvalue weighted by molar-refractivity contribution is 0.589. The molecule has 0 aliphatic carbocycles. The number of fused-ring (bicyclic) bond motifs is 4. The molecule has 0 bridgehead atoms. The molecule has 4 heteroatoms. The van der Waals surface area contributed by atoms with E-state index < -0.39 is 0 Å². The van der Waals surface area contributed by atoms with Crippen molar-refractivity contribution in [1.29, 1.82) is 5.26 Å². The lowest BCUT2D eigenvalue weighted by Crippen LogP contribution is -2.62. The SMILES string of the molecule is [C-]#[N+]c1cccc(-c2cc(-c3ccccc3)c(N3c4ccc(-c5ccccc5)cc4B4c5cc(-c6ccccc6)ccc5C(c5c(-c6ccccc6)cc(-c6cccc(C#N)c6)cc5-c5ccc(C(C)(C)C)cc5)c5cc(C(C)(C)C)cc3c54)c(-c3ccc(C(C)(C)C)cc3)c2)c1. The summed E-state index contributed by atoms with van der Waals surface area (Å²) in [5.41, 5.74) is 32.9. The highest BCUT2D eigenvalue weighted by Gasteiger charge is 2.47. The molecule has 466 valence electrons. The number of rotatable bonds is 10. The molecular weight excluding hydrogens is 1170 g/mol. The normalized spacial score (nSPS) is 13.2. The van der Waals surface area contributed by atoms with Gasteiger partial charge in [-0.25, -0.2) is 4.85 Å². The lowest BCUT2D eigenvalue weighted by atomic mass is 9.30. The van der Waals surface area contributed by atoms with Gasteiger partial charge in [0.15, 0.2) is 5.69 Å². The second-order valence-corrected chi connectivity index (χ2v) is 29.4. The molecule has 15 rings (SSSR count). The van der Waals surface area contributed by atoms with Crippen molar-refractivity contribution in [2.24, 2.45) is 0 Å². The minimum absolute atomic E-state index is 0.0706. The quantitative estimate of drug-likeness (QED) is 0.101. The summed E-state index contributed by atoms with van der Waals surface area (Å²) in [6.07, 6.45) is 0. The summed E-state index contributed by atoms with van der Waals surface area (Å²) >= 11 is 0. The van der Waals surface area contributed by atoms with Crippen molar-refractivity contribution in [3.63, 3.8) is 0 Å². The molecule has 0 radical (unpaired) electrons. The molecular formula is C93H76BN3. The Labute approximate surface area is 573 Å². The first kappa shape index (κ1) is 61.9. The first-order valence-corrected chi connectivity index (χ1v) is 33.9. The van der Waals surface area contributed by atoms with Crippen LogP contribution in [0.3, 0.4) is 0 Å². The molecule has 13 aromatic carbocycles. The third-order valence-electron chi connectivity index (χ3n) is 20.1. The van der Waals surface area contributed by atoms with Gasteiger partial charge in [0.25, 0.3) is 0 Å². The highest BCUT2D eigenvalue weighted by Crippen LogP contribution is 2.54. The highest BCUT2D eigenvalue weighted by atomic mass is 15.2. The van der Waals surface area contributed by atoms with E-state index in [2.05, 4.69) is 333 Å². The second kappa shape index (κ2) is 24.5. The number of benzene rings is 13. The van der Waals surface area contributed by atoms with E-state index in [0.29, 0.717) is 11.3 Å². The summed E-state index contributed by atoms with van der Waals surface area (Å²) < 4.78 is 0. The average Bonchev–Trinajstić information content (AvgIpc) is 0.687. The fourth-order valence-corrected chi connectivity index (χ4v) is 15.0. The molecule has 1 atom stereocenters. The second-order valence-electron chi connectivity index (χ2n) is 29.4. The molecule has 2 aliphatic heterocycles. The molecule has 2 heterocycles. The van der Waals surface area contributed by atoms with Gasteiger partial charge in [0.2, 0.25) is 6.71 Å². The predicted molar refractivity (Wildman–Crippen MR) is 410 cm³/mol. The third-order valence-corrected chi connectivity index (χ3v) is 20.1. The average molecular weight is 1250 g/mol. The van der Waals surface area contributed by atoms with Gasteiger partial charge >= 0.3 is 0 Å². The van der Waals surface area contributed by atoms with Gasteiger partial charge < -0.3 is 4.90 Å². The fraction of sp³-hybridized carbons (Fsp3) is 0.140. The zero-order valence-corrected chi connectivity index (χ0v) is 56.7. The molecule has 1 unspecified atom stereocenters. The van der Waals surface area contributed by atoms with Crippen molar-refractivity contribution < 1.29 is 0 Å². The molecule has 0 aromatic heterocycles. The Kier molecular flexibility index (Phi) is 15.6. The van der Waals surface area contributed by atoms with Crippen molar-refractivity contribution in [2.45, 2.75) is 84.5 Å². The highest BCUT2D eigenvalue weighted by molar-refractivity contribution is 6.99. The van der Waals surface area contributed by atoms with E-state index >= 15 is 0 Å². The molecule has 2 aliphatic rings. The molecule has 97 heavy (non-hydrogen) atoms. The van der Waals surface area contributed by atoms with Gasteiger partial charge in [-0.15, -0.1) is 0 Å². The maximum atomic E-state index is 10.4. The lowest BCUT2D eigenvalue weighted by Gasteiger charge is -2.45. The van der Waals surface area contributed by atoms with Crippen LogP contribution in [0.15, 0.2) is 291 Å². The zero-order valence-electron chi connectivity index (χ0n) is 56.7. The van der Waals surface area contributed by atoms with Crippen LogP contribution in [0, 0.1) is 17.9 Å². The van der Waals surface area contributed by atoms with Gasteiger partial charge in [0, 0.05) is 28.4 Å². The maximum absolute atomic E-state index is 10.4. The first-order valence-electron chi connectivity index (χ1n) is 33.9. The summed E-state index contributed by atoms with van der Waals surface area (Å²) in [7, 11) is 0. The maximum Gasteiger partial charge on any atom is 0.247 e. The minimum atomic E-state index is -0.318. The van der Waals surface area contributed by atoms with Crippen LogP contribution in [0.25, 0.3) is 93.9 Å².